The number of ether oxygens (including phenoxy) is 1. The van der Waals surface area contributed by atoms with Crippen molar-refractivity contribution in [1.29, 1.82) is 0 Å². The third kappa shape index (κ3) is 3.09. The minimum Gasteiger partial charge on any atom is -0.480 e. The third-order valence-corrected chi connectivity index (χ3v) is 5.11. The topological polar surface area (TPSA) is 45.7 Å². The van der Waals surface area contributed by atoms with Crippen LogP contribution in [-0.2, 0) is 17.8 Å². The zero-order valence-electron chi connectivity index (χ0n) is 12.9. The van der Waals surface area contributed by atoms with Crippen LogP contribution in [0.4, 0.5) is 0 Å². The summed E-state index contributed by atoms with van der Waals surface area (Å²) in [5.74, 6) is 0.975. The number of amides is 1. The maximum absolute atomic E-state index is 12.7. The number of nitrogens with zero attached hydrogens (tertiary/aromatic N) is 3. The van der Waals surface area contributed by atoms with Crippen LogP contribution in [0.15, 0.2) is 35.2 Å². The number of hydrogen-bond donors (Lipinski definition) is 0. The van der Waals surface area contributed by atoms with Gasteiger partial charge in [0.15, 0.2) is 6.10 Å². The SMILES string of the molecule is O=C(C1Cc2ccccc2O1)N1CCN(Cc2cscn2)CC1. The average molecular weight is 329 g/mol. The first kappa shape index (κ1) is 14.7. The highest BCUT2D eigenvalue weighted by Gasteiger charge is 2.33. The molecule has 0 spiro atoms. The number of aromatic nitrogens is 1. The molecule has 2 aromatic rings. The lowest BCUT2D eigenvalue weighted by molar-refractivity contribution is -0.139. The van der Waals surface area contributed by atoms with E-state index in [4.69, 9.17) is 4.74 Å². The van der Waals surface area contributed by atoms with Crippen molar-refractivity contribution in [3.8, 4) is 5.75 Å². The van der Waals surface area contributed by atoms with Crippen molar-refractivity contribution in [2.45, 2.75) is 19.1 Å². The maximum Gasteiger partial charge on any atom is 0.264 e. The molecule has 2 aliphatic heterocycles. The quantitative estimate of drug-likeness (QED) is 0.861. The fraction of sp³-hybridized carbons (Fsp3) is 0.412. The Morgan fingerprint density at radius 1 is 1.26 bits per heavy atom. The van der Waals surface area contributed by atoms with Gasteiger partial charge in [-0.25, -0.2) is 4.98 Å². The van der Waals surface area contributed by atoms with Crippen LogP contribution in [0.2, 0.25) is 0 Å². The van der Waals surface area contributed by atoms with Crippen LogP contribution in [0.1, 0.15) is 11.3 Å². The zero-order valence-corrected chi connectivity index (χ0v) is 13.7. The standard InChI is InChI=1S/C17H19N3O2S/c21-17(16-9-13-3-1-2-4-15(13)22-16)20-7-5-19(6-8-20)10-14-11-23-12-18-14/h1-4,11-12,16H,5-10H2. The number of fused-ring (bicyclic) bond motifs is 1. The average Bonchev–Trinajstić information content (AvgIpc) is 3.24. The Bertz CT molecular complexity index is 656. The molecule has 1 amide bonds. The Kier molecular flexibility index (Phi) is 4.01. The molecule has 0 bridgehead atoms. The summed E-state index contributed by atoms with van der Waals surface area (Å²) in [6.45, 7) is 4.18. The van der Waals surface area contributed by atoms with Gasteiger partial charge in [-0.15, -0.1) is 11.3 Å². The van der Waals surface area contributed by atoms with Gasteiger partial charge in [0.05, 0.1) is 11.2 Å². The second kappa shape index (κ2) is 6.29. The van der Waals surface area contributed by atoms with Crippen molar-refractivity contribution in [2.24, 2.45) is 0 Å². The molecular formula is C17H19N3O2S. The fourth-order valence-electron chi connectivity index (χ4n) is 3.19. The second-order valence-electron chi connectivity index (χ2n) is 6.00. The first-order chi connectivity index (χ1) is 11.3. The molecule has 23 heavy (non-hydrogen) atoms. The van der Waals surface area contributed by atoms with E-state index < -0.39 is 0 Å². The Hall–Kier alpha value is -1.92. The third-order valence-electron chi connectivity index (χ3n) is 4.48. The van der Waals surface area contributed by atoms with E-state index in [0.717, 1.165) is 49.7 Å². The van der Waals surface area contributed by atoms with Gasteiger partial charge in [0.25, 0.3) is 5.91 Å². The predicted octanol–water partition coefficient (Wildman–Crippen LogP) is 1.79. The van der Waals surface area contributed by atoms with Crippen LogP contribution < -0.4 is 4.74 Å². The highest BCUT2D eigenvalue weighted by molar-refractivity contribution is 7.07. The molecule has 1 fully saturated rings. The molecule has 4 rings (SSSR count). The predicted molar refractivity (Wildman–Crippen MR) is 88.5 cm³/mol. The number of carbonyl (C=O) groups excluding carboxylic acids is 1. The summed E-state index contributed by atoms with van der Waals surface area (Å²) in [6.07, 6.45) is 0.339. The second-order valence-corrected chi connectivity index (χ2v) is 6.72. The van der Waals surface area contributed by atoms with Crippen molar-refractivity contribution in [3.05, 3.63) is 46.4 Å². The first-order valence-corrected chi connectivity index (χ1v) is 8.86. The Balaban J connectivity index is 1.31. The largest absolute Gasteiger partial charge is 0.480 e. The molecule has 0 radical (unpaired) electrons. The van der Waals surface area contributed by atoms with Crippen molar-refractivity contribution >= 4 is 17.2 Å². The van der Waals surface area contributed by atoms with Crippen LogP contribution in [0, 0.1) is 0 Å². The molecule has 1 aromatic carbocycles. The first-order valence-electron chi connectivity index (χ1n) is 7.92. The molecule has 6 heteroatoms. The lowest BCUT2D eigenvalue weighted by atomic mass is 10.1. The Morgan fingerprint density at radius 2 is 2.09 bits per heavy atom. The van der Waals surface area contributed by atoms with Gasteiger partial charge < -0.3 is 9.64 Å². The molecular weight excluding hydrogens is 310 g/mol. The molecule has 0 saturated carbocycles. The number of thiazole rings is 1. The van der Waals surface area contributed by atoms with E-state index in [1.54, 1.807) is 11.3 Å². The molecule has 120 valence electrons. The summed E-state index contributed by atoms with van der Waals surface area (Å²) in [6, 6.07) is 7.91. The summed E-state index contributed by atoms with van der Waals surface area (Å²) < 4.78 is 5.82. The van der Waals surface area contributed by atoms with Crippen LogP contribution in [0.3, 0.4) is 0 Å². The Morgan fingerprint density at radius 3 is 2.83 bits per heavy atom. The lowest BCUT2D eigenvalue weighted by Gasteiger charge is -2.35. The zero-order chi connectivity index (χ0) is 15.6. The number of para-hydroxylation sites is 1. The number of carbonyl (C=O) groups is 1. The van der Waals surface area contributed by atoms with Gasteiger partial charge in [0.1, 0.15) is 5.75 Å². The van der Waals surface area contributed by atoms with E-state index in [9.17, 15) is 4.79 Å². The highest BCUT2D eigenvalue weighted by Crippen LogP contribution is 2.29. The molecule has 2 aliphatic rings. The molecule has 0 N–H and O–H groups in total. The summed E-state index contributed by atoms with van der Waals surface area (Å²) in [5, 5.41) is 2.08. The van der Waals surface area contributed by atoms with Crippen LogP contribution >= 0.6 is 11.3 Å². The smallest absolute Gasteiger partial charge is 0.264 e. The number of rotatable bonds is 3. The fourth-order valence-corrected chi connectivity index (χ4v) is 3.74. The highest BCUT2D eigenvalue weighted by atomic mass is 32.1. The maximum atomic E-state index is 12.7. The minimum absolute atomic E-state index is 0.120. The minimum atomic E-state index is -0.350. The molecule has 1 atom stereocenters. The van der Waals surface area contributed by atoms with Gasteiger partial charge in [-0.2, -0.15) is 0 Å². The van der Waals surface area contributed by atoms with Crippen molar-refractivity contribution < 1.29 is 9.53 Å². The van der Waals surface area contributed by atoms with Gasteiger partial charge in [-0.1, -0.05) is 18.2 Å². The van der Waals surface area contributed by atoms with Gasteiger partial charge in [0.2, 0.25) is 0 Å². The number of hydrogen-bond acceptors (Lipinski definition) is 5. The molecule has 1 saturated heterocycles. The van der Waals surface area contributed by atoms with Crippen molar-refractivity contribution in [2.75, 3.05) is 26.2 Å². The summed E-state index contributed by atoms with van der Waals surface area (Å²) >= 11 is 1.63. The Labute approximate surface area is 139 Å². The van der Waals surface area contributed by atoms with Gasteiger partial charge in [-0.3, -0.25) is 9.69 Å². The van der Waals surface area contributed by atoms with Gasteiger partial charge in [-0.05, 0) is 11.6 Å². The lowest BCUT2D eigenvalue weighted by Crippen LogP contribution is -2.51. The molecule has 1 unspecified atom stereocenters. The molecule has 3 heterocycles. The summed E-state index contributed by atoms with van der Waals surface area (Å²) in [7, 11) is 0. The van der Waals surface area contributed by atoms with E-state index in [1.165, 1.54) is 0 Å². The van der Waals surface area contributed by atoms with Crippen LogP contribution in [0.25, 0.3) is 0 Å². The van der Waals surface area contributed by atoms with E-state index in [2.05, 4.69) is 15.3 Å². The van der Waals surface area contributed by atoms with E-state index in [0.29, 0.717) is 6.42 Å². The van der Waals surface area contributed by atoms with Crippen molar-refractivity contribution in [1.82, 2.24) is 14.8 Å². The van der Waals surface area contributed by atoms with Gasteiger partial charge in [0, 0.05) is 44.5 Å². The van der Waals surface area contributed by atoms with Crippen LogP contribution in [0.5, 0.6) is 5.75 Å². The number of benzene rings is 1. The van der Waals surface area contributed by atoms with Gasteiger partial charge >= 0.3 is 0 Å². The molecule has 5 nitrogen and oxygen atoms in total. The summed E-state index contributed by atoms with van der Waals surface area (Å²) in [4.78, 5) is 21.3. The van der Waals surface area contributed by atoms with E-state index >= 15 is 0 Å². The molecule has 0 aliphatic carbocycles. The van der Waals surface area contributed by atoms with Crippen LogP contribution in [-0.4, -0.2) is 53.0 Å². The normalized spacial score (nSPS) is 21.0. The molecule has 1 aromatic heterocycles. The summed E-state index contributed by atoms with van der Waals surface area (Å²) in [5.41, 5.74) is 4.11. The monoisotopic (exact) mass is 329 g/mol. The van der Waals surface area contributed by atoms with Crippen molar-refractivity contribution in [3.63, 3.8) is 0 Å². The number of piperazine rings is 1. The van der Waals surface area contributed by atoms with E-state index in [1.807, 2.05) is 34.7 Å². The van der Waals surface area contributed by atoms with E-state index in [-0.39, 0.29) is 12.0 Å².